The van der Waals surface area contributed by atoms with Crippen LogP contribution in [0.3, 0.4) is 0 Å². The van der Waals surface area contributed by atoms with Gasteiger partial charge in [-0.05, 0) is 42.7 Å². The Morgan fingerprint density at radius 1 is 1.04 bits per heavy atom. The van der Waals surface area contributed by atoms with E-state index in [1.54, 1.807) is 24.3 Å². The molecule has 0 atom stereocenters. The SMILES string of the molecule is O=C(CNC(=O)C1CC1)NNC(=O)c1ccc(-c2ccc(F)cc2)s1. The van der Waals surface area contributed by atoms with Crippen molar-refractivity contribution in [2.45, 2.75) is 12.8 Å². The van der Waals surface area contributed by atoms with Gasteiger partial charge in [0.05, 0.1) is 11.4 Å². The number of rotatable bonds is 5. The first kappa shape index (κ1) is 17.1. The zero-order chi connectivity index (χ0) is 17.8. The van der Waals surface area contributed by atoms with Crippen molar-refractivity contribution in [3.05, 3.63) is 47.1 Å². The minimum Gasteiger partial charge on any atom is -0.347 e. The Hall–Kier alpha value is -2.74. The third kappa shape index (κ3) is 4.63. The normalized spacial score (nSPS) is 13.2. The largest absolute Gasteiger partial charge is 0.347 e. The summed E-state index contributed by atoms with van der Waals surface area (Å²) in [7, 11) is 0. The molecule has 1 aliphatic rings. The van der Waals surface area contributed by atoms with Gasteiger partial charge in [0, 0.05) is 10.8 Å². The van der Waals surface area contributed by atoms with Gasteiger partial charge in [-0.3, -0.25) is 25.2 Å². The van der Waals surface area contributed by atoms with Crippen LogP contribution in [0.2, 0.25) is 0 Å². The van der Waals surface area contributed by atoms with Crippen molar-refractivity contribution in [1.29, 1.82) is 0 Å². The number of carbonyl (C=O) groups is 3. The Balaban J connectivity index is 1.48. The van der Waals surface area contributed by atoms with Crippen LogP contribution in [0.15, 0.2) is 36.4 Å². The third-order valence-corrected chi connectivity index (χ3v) is 4.78. The van der Waals surface area contributed by atoms with Gasteiger partial charge in [-0.15, -0.1) is 11.3 Å². The highest BCUT2D eigenvalue weighted by Gasteiger charge is 2.29. The van der Waals surface area contributed by atoms with E-state index in [1.165, 1.54) is 23.5 Å². The van der Waals surface area contributed by atoms with Crippen LogP contribution in [0.25, 0.3) is 10.4 Å². The molecule has 2 aromatic rings. The minimum atomic E-state index is -0.502. The summed E-state index contributed by atoms with van der Waals surface area (Å²) in [6.45, 7) is -0.180. The molecular weight excluding hydrogens is 345 g/mol. The average Bonchev–Trinajstić information content (AvgIpc) is 3.35. The first-order valence-electron chi connectivity index (χ1n) is 7.75. The smallest absolute Gasteiger partial charge is 0.279 e. The Morgan fingerprint density at radius 2 is 1.76 bits per heavy atom. The highest BCUT2D eigenvalue weighted by molar-refractivity contribution is 7.17. The maximum absolute atomic E-state index is 12.9. The lowest BCUT2D eigenvalue weighted by molar-refractivity contribution is -0.127. The Kier molecular flexibility index (Phi) is 5.08. The van der Waals surface area contributed by atoms with Crippen molar-refractivity contribution in [2.75, 3.05) is 6.54 Å². The number of benzene rings is 1. The number of hydrogen-bond acceptors (Lipinski definition) is 4. The zero-order valence-electron chi connectivity index (χ0n) is 13.2. The predicted molar refractivity (Wildman–Crippen MR) is 91.1 cm³/mol. The van der Waals surface area contributed by atoms with Crippen LogP contribution in [0, 0.1) is 11.7 Å². The molecule has 130 valence electrons. The van der Waals surface area contributed by atoms with E-state index in [9.17, 15) is 18.8 Å². The van der Waals surface area contributed by atoms with Crippen molar-refractivity contribution in [2.24, 2.45) is 5.92 Å². The number of halogens is 1. The molecule has 3 amide bonds. The summed E-state index contributed by atoms with van der Waals surface area (Å²) in [5.74, 6) is -1.39. The van der Waals surface area contributed by atoms with Crippen LogP contribution < -0.4 is 16.2 Å². The van der Waals surface area contributed by atoms with Crippen molar-refractivity contribution in [3.8, 4) is 10.4 Å². The average molecular weight is 361 g/mol. The molecule has 1 heterocycles. The molecule has 0 bridgehead atoms. The predicted octanol–water partition coefficient (Wildman–Crippen LogP) is 1.84. The van der Waals surface area contributed by atoms with E-state index in [1.807, 2.05) is 0 Å². The van der Waals surface area contributed by atoms with E-state index in [0.29, 0.717) is 4.88 Å². The number of nitrogens with one attached hydrogen (secondary N) is 3. The van der Waals surface area contributed by atoms with Crippen molar-refractivity contribution >= 4 is 29.1 Å². The van der Waals surface area contributed by atoms with Crippen LogP contribution in [0.1, 0.15) is 22.5 Å². The summed E-state index contributed by atoms with van der Waals surface area (Å²) < 4.78 is 12.9. The van der Waals surface area contributed by atoms with Gasteiger partial charge in [0.25, 0.3) is 11.8 Å². The van der Waals surface area contributed by atoms with Crippen molar-refractivity contribution in [3.63, 3.8) is 0 Å². The fourth-order valence-corrected chi connectivity index (χ4v) is 3.03. The summed E-state index contributed by atoms with van der Waals surface area (Å²) in [5.41, 5.74) is 5.36. The van der Waals surface area contributed by atoms with Crippen LogP contribution >= 0.6 is 11.3 Å². The molecular formula is C17H16FN3O3S. The summed E-state index contributed by atoms with van der Waals surface area (Å²) in [5, 5.41) is 2.51. The monoisotopic (exact) mass is 361 g/mol. The number of amides is 3. The van der Waals surface area contributed by atoms with E-state index >= 15 is 0 Å². The number of hydrogen-bond donors (Lipinski definition) is 3. The van der Waals surface area contributed by atoms with Crippen LogP contribution in [0.4, 0.5) is 4.39 Å². The lowest BCUT2D eigenvalue weighted by Crippen LogP contribution is -2.46. The second kappa shape index (κ2) is 7.43. The molecule has 6 nitrogen and oxygen atoms in total. The van der Waals surface area contributed by atoms with Crippen LogP contribution in [-0.2, 0) is 9.59 Å². The topological polar surface area (TPSA) is 87.3 Å². The van der Waals surface area contributed by atoms with E-state index in [2.05, 4.69) is 16.2 Å². The fraction of sp³-hybridized carbons (Fsp3) is 0.235. The Morgan fingerprint density at radius 3 is 2.44 bits per heavy atom. The van der Waals surface area contributed by atoms with Gasteiger partial charge < -0.3 is 5.32 Å². The summed E-state index contributed by atoms with van der Waals surface area (Å²) in [6.07, 6.45) is 1.72. The van der Waals surface area contributed by atoms with Gasteiger partial charge in [-0.25, -0.2) is 4.39 Å². The molecule has 3 N–H and O–H groups in total. The van der Waals surface area contributed by atoms with Gasteiger partial charge in [-0.1, -0.05) is 12.1 Å². The second-order valence-electron chi connectivity index (χ2n) is 5.67. The summed E-state index contributed by atoms with van der Waals surface area (Å²) >= 11 is 1.23. The highest BCUT2D eigenvalue weighted by Crippen LogP contribution is 2.29. The minimum absolute atomic E-state index is 0.0263. The molecule has 1 aliphatic carbocycles. The molecule has 0 saturated heterocycles. The van der Waals surface area contributed by atoms with E-state index < -0.39 is 11.8 Å². The van der Waals surface area contributed by atoms with Gasteiger partial charge in [0.15, 0.2) is 0 Å². The quantitative estimate of drug-likeness (QED) is 0.710. The molecule has 25 heavy (non-hydrogen) atoms. The fourth-order valence-electron chi connectivity index (χ4n) is 2.12. The lowest BCUT2D eigenvalue weighted by atomic mass is 10.2. The number of hydrazine groups is 1. The molecule has 1 aromatic heterocycles. The molecule has 1 fully saturated rings. The molecule has 0 unspecified atom stereocenters. The number of carbonyl (C=O) groups excluding carboxylic acids is 3. The summed E-state index contributed by atoms with van der Waals surface area (Å²) in [4.78, 5) is 36.3. The standard InChI is InChI=1S/C17H16FN3O3S/c18-12-5-3-10(4-6-12)13-7-8-14(25-13)17(24)21-20-15(22)9-19-16(23)11-1-2-11/h3-8,11H,1-2,9H2,(H,19,23)(H,20,22)(H,21,24). The van der Waals surface area contributed by atoms with Crippen molar-refractivity contribution in [1.82, 2.24) is 16.2 Å². The van der Waals surface area contributed by atoms with Gasteiger partial charge >= 0.3 is 0 Å². The third-order valence-electron chi connectivity index (χ3n) is 3.65. The first-order chi connectivity index (χ1) is 12.0. The van der Waals surface area contributed by atoms with Gasteiger partial charge in [-0.2, -0.15) is 0 Å². The molecule has 3 rings (SSSR count). The first-order valence-corrected chi connectivity index (χ1v) is 8.57. The highest BCUT2D eigenvalue weighted by atomic mass is 32.1. The zero-order valence-corrected chi connectivity index (χ0v) is 14.0. The molecule has 1 saturated carbocycles. The molecule has 0 radical (unpaired) electrons. The van der Waals surface area contributed by atoms with E-state index in [0.717, 1.165) is 23.3 Å². The molecule has 8 heteroatoms. The summed E-state index contributed by atoms with van der Waals surface area (Å²) in [6, 6.07) is 9.35. The van der Waals surface area contributed by atoms with E-state index in [4.69, 9.17) is 0 Å². The number of thiophene rings is 1. The van der Waals surface area contributed by atoms with E-state index in [-0.39, 0.29) is 24.2 Å². The Bertz CT molecular complexity index is 800. The van der Waals surface area contributed by atoms with Crippen molar-refractivity contribution < 1.29 is 18.8 Å². The maximum atomic E-state index is 12.9. The Labute approximate surface area is 147 Å². The molecule has 0 aliphatic heterocycles. The second-order valence-corrected chi connectivity index (χ2v) is 6.75. The van der Waals surface area contributed by atoms with Gasteiger partial charge in [0.2, 0.25) is 5.91 Å². The maximum Gasteiger partial charge on any atom is 0.279 e. The molecule has 0 spiro atoms. The van der Waals surface area contributed by atoms with Crippen LogP contribution in [-0.4, -0.2) is 24.3 Å². The van der Waals surface area contributed by atoms with Gasteiger partial charge in [0.1, 0.15) is 5.82 Å². The molecule has 1 aromatic carbocycles. The van der Waals surface area contributed by atoms with Crippen LogP contribution in [0.5, 0.6) is 0 Å². The lowest BCUT2D eigenvalue weighted by Gasteiger charge is -2.07.